The zero-order valence-corrected chi connectivity index (χ0v) is 12.2. The second-order valence-electron chi connectivity index (χ2n) is 3.34. The minimum Gasteiger partial charge on any atom is -0.427 e. The number of benzene rings is 1. The number of ether oxygens (including phenoxy) is 2. The first-order valence-corrected chi connectivity index (χ1v) is 6.16. The predicted molar refractivity (Wildman–Crippen MR) is 64.3 cm³/mol. The van der Waals surface area contributed by atoms with E-state index in [4.69, 9.17) is 4.74 Å². The van der Waals surface area contributed by atoms with Gasteiger partial charge in [-0.3, -0.25) is 0 Å². The van der Waals surface area contributed by atoms with E-state index < -0.39 is 10.9 Å². The van der Waals surface area contributed by atoms with Crippen LogP contribution in [0.15, 0.2) is 22.7 Å². The van der Waals surface area contributed by atoms with E-state index in [0.717, 1.165) is 6.07 Å². The number of methoxy groups -OCH3 is 1. The Labute approximate surface area is 118 Å². The summed E-state index contributed by atoms with van der Waals surface area (Å²) in [5.41, 5.74) is 0.510. The molecule has 0 bridgehead atoms. The molecule has 8 heteroatoms. The van der Waals surface area contributed by atoms with E-state index in [1.165, 1.54) is 13.2 Å². The summed E-state index contributed by atoms with van der Waals surface area (Å²) in [5, 5.41) is 0. The molecule has 0 N–H and O–H groups in total. The molecule has 0 unspecified atom stereocenters. The van der Waals surface area contributed by atoms with Crippen LogP contribution in [0.4, 0.5) is 17.6 Å². The van der Waals surface area contributed by atoms with Gasteiger partial charge in [0.25, 0.3) is 0 Å². The molecule has 0 fully saturated rings. The second kappa shape index (κ2) is 5.75. The quantitative estimate of drug-likeness (QED) is 0.537. The lowest BCUT2D eigenvalue weighted by Gasteiger charge is -2.22. The molecule has 0 spiro atoms. The van der Waals surface area contributed by atoms with E-state index >= 15 is 0 Å². The zero-order chi connectivity index (χ0) is 14.0. The molecule has 0 heterocycles. The van der Waals surface area contributed by atoms with Crippen LogP contribution in [0, 0.1) is 0 Å². The normalized spacial score (nSPS) is 12.6. The molecule has 0 saturated carbocycles. The lowest BCUT2D eigenvalue weighted by molar-refractivity contribution is -0.266. The highest BCUT2D eigenvalue weighted by Crippen LogP contribution is 2.41. The van der Waals surface area contributed by atoms with Crippen molar-refractivity contribution in [1.82, 2.24) is 0 Å². The molecule has 0 aliphatic heterocycles. The summed E-state index contributed by atoms with van der Waals surface area (Å²) in [6.45, 7) is 0.145. The van der Waals surface area contributed by atoms with E-state index in [2.05, 4.69) is 20.7 Å². The van der Waals surface area contributed by atoms with Crippen molar-refractivity contribution in [3.63, 3.8) is 0 Å². The highest BCUT2D eigenvalue weighted by Gasteiger charge is 2.57. The highest BCUT2D eigenvalue weighted by atomic mass is 79.9. The molecule has 0 aromatic heterocycles. The molecule has 1 rings (SSSR count). The molecule has 0 aliphatic carbocycles. The maximum Gasteiger partial charge on any atom is 0.475 e. The van der Waals surface area contributed by atoms with Crippen LogP contribution in [0.5, 0.6) is 5.75 Å². The topological polar surface area (TPSA) is 18.5 Å². The summed E-state index contributed by atoms with van der Waals surface area (Å²) < 4.78 is 60.3. The molecular formula is C10H8Br2F4O2. The van der Waals surface area contributed by atoms with E-state index in [1.54, 1.807) is 22.0 Å². The summed E-state index contributed by atoms with van der Waals surface area (Å²) in [6, 6.07) is 3.95. The van der Waals surface area contributed by atoms with Crippen molar-refractivity contribution in [1.29, 1.82) is 0 Å². The Morgan fingerprint density at radius 3 is 2.28 bits per heavy atom. The van der Waals surface area contributed by atoms with E-state index in [-0.39, 0.29) is 12.4 Å². The number of hydrogen-bond donors (Lipinski definition) is 0. The lowest BCUT2D eigenvalue weighted by Crippen LogP contribution is -2.40. The minimum absolute atomic E-state index is 0.145. The molecular weight excluding hydrogens is 388 g/mol. The van der Waals surface area contributed by atoms with Gasteiger partial charge in [-0.15, -0.1) is 0 Å². The molecule has 1 aromatic carbocycles. The fraction of sp³-hybridized carbons (Fsp3) is 0.400. The SMILES string of the molecule is COCc1cc(Br)cc(OC(F)(F)C(F)(F)Br)c1. The van der Waals surface area contributed by atoms with Crippen LogP contribution in [-0.2, 0) is 11.3 Å². The van der Waals surface area contributed by atoms with Crippen LogP contribution in [-0.4, -0.2) is 18.1 Å². The third kappa shape index (κ3) is 4.10. The minimum atomic E-state index is -4.65. The van der Waals surface area contributed by atoms with Gasteiger partial charge in [-0.1, -0.05) is 15.9 Å². The lowest BCUT2D eigenvalue weighted by atomic mass is 10.2. The summed E-state index contributed by atoms with van der Waals surface area (Å²) in [7, 11) is 1.42. The van der Waals surface area contributed by atoms with Crippen LogP contribution in [0.25, 0.3) is 0 Å². The van der Waals surface area contributed by atoms with Crippen molar-refractivity contribution in [2.75, 3.05) is 7.11 Å². The van der Waals surface area contributed by atoms with E-state index in [1.807, 2.05) is 0 Å². The standard InChI is InChI=1S/C10H8Br2F4O2/c1-17-5-6-2-7(11)4-8(3-6)18-10(15,16)9(12,13)14/h2-4H,5H2,1H3. The number of rotatable bonds is 5. The van der Waals surface area contributed by atoms with Gasteiger partial charge < -0.3 is 9.47 Å². The van der Waals surface area contributed by atoms with Crippen molar-refractivity contribution < 1.29 is 27.0 Å². The summed E-state index contributed by atoms with van der Waals surface area (Å²) in [6.07, 6.45) is -4.65. The van der Waals surface area contributed by atoms with Crippen molar-refractivity contribution in [2.24, 2.45) is 0 Å². The summed E-state index contributed by atoms with van der Waals surface area (Å²) in [4.78, 5) is -4.45. The van der Waals surface area contributed by atoms with E-state index in [0.29, 0.717) is 10.0 Å². The molecule has 0 amide bonds. The van der Waals surface area contributed by atoms with Gasteiger partial charge in [0.05, 0.1) is 6.61 Å². The Hall–Kier alpha value is -0.340. The molecule has 0 radical (unpaired) electrons. The summed E-state index contributed by atoms with van der Waals surface area (Å²) >= 11 is 4.64. The zero-order valence-electron chi connectivity index (χ0n) is 9.02. The number of alkyl halides is 5. The monoisotopic (exact) mass is 394 g/mol. The highest BCUT2D eigenvalue weighted by molar-refractivity contribution is 9.10. The van der Waals surface area contributed by atoms with Crippen LogP contribution in [0.2, 0.25) is 0 Å². The Bertz CT molecular complexity index is 421. The first-order chi connectivity index (χ1) is 8.15. The van der Waals surface area contributed by atoms with Gasteiger partial charge in [0.1, 0.15) is 5.75 Å². The largest absolute Gasteiger partial charge is 0.475 e. The maximum absolute atomic E-state index is 13.0. The first kappa shape index (κ1) is 15.7. The Morgan fingerprint density at radius 2 is 1.78 bits per heavy atom. The summed E-state index contributed by atoms with van der Waals surface area (Å²) in [5.74, 6) is -0.388. The number of halogens is 6. The third-order valence-corrected chi connectivity index (χ3v) is 2.74. The molecule has 0 aliphatic rings. The van der Waals surface area contributed by atoms with E-state index in [9.17, 15) is 17.6 Å². The van der Waals surface area contributed by atoms with Crippen LogP contribution < -0.4 is 4.74 Å². The van der Waals surface area contributed by atoms with Gasteiger partial charge in [0.15, 0.2) is 0 Å². The van der Waals surface area contributed by atoms with Gasteiger partial charge >= 0.3 is 10.9 Å². The molecule has 1 aromatic rings. The van der Waals surface area contributed by atoms with Crippen molar-refractivity contribution in [3.8, 4) is 5.75 Å². The predicted octanol–water partition coefficient (Wildman–Crippen LogP) is 4.55. The second-order valence-corrected chi connectivity index (χ2v) is 5.26. The van der Waals surface area contributed by atoms with Crippen LogP contribution in [0.1, 0.15) is 5.56 Å². The number of hydrogen-bond acceptors (Lipinski definition) is 2. The van der Waals surface area contributed by atoms with Crippen molar-refractivity contribution in [3.05, 3.63) is 28.2 Å². The fourth-order valence-electron chi connectivity index (χ4n) is 1.14. The molecule has 0 atom stereocenters. The van der Waals surface area contributed by atoms with Crippen LogP contribution in [0.3, 0.4) is 0 Å². The fourth-order valence-corrected chi connectivity index (χ4v) is 1.74. The Kier molecular flexibility index (Phi) is 5.02. The first-order valence-electron chi connectivity index (χ1n) is 4.57. The molecule has 102 valence electrons. The average Bonchev–Trinajstić information content (AvgIpc) is 2.13. The third-order valence-electron chi connectivity index (χ3n) is 1.82. The van der Waals surface area contributed by atoms with Gasteiger partial charge in [0, 0.05) is 27.5 Å². The van der Waals surface area contributed by atoms with Gasteiger partial charge in [-0.2, -0.15) is 17.6 Å². The van der Waals surface area contributed by atoms with Gasteiger partial charge in [0.2, 0.25) is 0 Å². The van der Waals surface area contributed by atoms with Crippen molar-refractivity contribution in [2.45, 2.75) is 17.5 Å². The van der Waals surface area contributed by atoms with Crippen molar-refractivity contribution >= 4 is 31.9 Å². The average molecular weight is 396 g/mol. The van der Waals surface area contributed by atoms with Gasteiger partial charge in [-0.05, 0) is 23.8 Å². The molecule has 18 heavy (non-hydrogen) atoms. The smallest absolute Gasteiger partial charge is 0.427 e. The Balaban J connectivity index is 2.97. The Morgan fingerprint density at radius 1 is 1.17 bits per heavy atom. The maximum atomic E-state index is 13.0. The van der Waals surface area contributed by atoms with Crippen LogP contribution >= 0.6 is 31.9 Å². The molecule has 0 saturated heterocycles. The van der Waals surface area contributed by atoms with Gasteiger partial charge in [-0.25, -0.2) is 0 Å². The molecule has 2 nitrogen and oxygen atoms in total.